The average Bonchev–Trinajstić information content (AvgIpc) is 2.96. The van der Waals surface area contributed by atoms with Gasteiger partial charge in [-0.1, -0.05) is 0 Å². The standard InChI is InChI=1S/C11H13N3O2S2/c1-7-12-4-9(18-7)5-13-11-14-8(6-17-11)3-10(15)16-2/h4,6H,3,5H2,1-2H3,(H,13,14). The fourth-order valence-corrected chi connectivity index (χ4v) is 2.78. The number of nitrogens with one attached hydrogen (secondary N) is 1. The highest BCUT2D eigenvalue weighted by molar-refractivity contribution is 7.13. The molecular formula is C11H13N3O2S2. The predicted octanol–water partition coefficient (Wildman–Crippen LogP) is 2.24. The summed E-state index contributed by atoms with van der Waals surface area (Å²) in [7, 11) is 1.37. The van der Waals surface area contributed by atoms with Crippen LogP contribution in [0.4, 0.5) is 5.13 Å². The van der Waals surface area contributed by atoms with Crippen molar-refractivity contribution in [3.8, 4) is 0 Å². The van der Waals surface area contributed by atoms with Crippen molar-refractivity contribution < 1.29 is 9.53 Å². The molecular weight excluding hydrogens is 270 g/mol. The molecule has 7 heteroatoms. The first-order valence-electron chi connectivity index (χ1n) is 5.34. The molecule has 2 aromatic heterocycles. The van der Waals surface area contributed by atoms with E-state index in [2.05, 4.69) is 20.0 Å². The number of ether oxygens (including phenoxy) is 1. The third-order valence-electron chi connectivity index (χ3n) is 2.19. The van der Waals surface area contributed by atoms with Crippen LogP contribution in [0, 0.1) is 6.92 Å². The van der Waals surface area contributed by atoms with Crippen LogP contribution >= 0.6 is 22.7 Å². The molecule has 5 nitrogen and oxygen atoms in total. The van der Waals surface area contributed by atoms with Crippen LogP contribution in [0.15, 0.2) is 11.6 Å². The normalized spacial score (nSPS) is 10.3. The summed E-state index contributed by atoms with van der Waals surface area (Å²) in [6.45, 7) is 2.68. The Balaban J connectivity index is 1.88. The summed E-state index contributed by atoms with van der Waals surface area (Å²) in [5.41, 5.74) is 0.731. The molecule has 0 fully saturated rings. The number of rotatable bonds is 5. The number of carbonyl (C=O) groups excluding carboxylic acids is 1. The second-order valence-corrected chi connectivity index (χ2v) is 5.77. The molecule has 0 aliphatic rings. The Kier molecular flexibility index (Phi) is 4.27. The molecule has 0 amide bonds. The van der Waals surface area contributed by atoms with Crippen LogP contribution in [-0.2, 0) is 22.5 Å². The van der Waals surface area contributed by atoms with Gasteiger partial charge in [0.15, 0.2) is 5.13 Å². The second kappa shape index (κ2) is 5.92. The first-order chi connectivity index (χ1) is 8.67. The van der Waals surface area contributed by atoms with Crippen LogP contribution in [0.1, 0.15) is 15.6 Å². The third-order valence-corrected chi connectivity index (χ3v) is 3.95. The SMILES string of the molecule is COC(=O)Cc1csc(NCc2cnc(C)s2)n1. The zero-order chi connectivity index (χ0) is 13.0. The van der Waals surface area contributed by atoms with E-state index < -0.39 is 0 Å². The van der Waals surface area contributed by atoms with Gasteiger partial charge in [-0.2, -0.15) is 0 Å². The Morgan fingerprint density at radius 3 is 3.06 bits per heavy atom. The van der Waals surface area contributed by atoms with Gasteiger partial charge in [-0.15, -0.1) is 22.7 Å². The zero-order valence-electron chi connectivity index (χ0n) is 10.1. The van der Waals surface area contributed by atoms with Gasteiger partial charge in [0.1, 0.15) is 0 Å². The molecule has 0 saturated heterocycles. The van der Waals surface area contributed by atoms with Gasteiger partial charge in [-0.05, 0) is 6.92 Å². The van der Waals surface area contributed by atoms with Gasteiger partial charge in [0, 0.05) is 16.5 Å². The Morgan fingerprint density at radius 2 is 2.39 bits per heavy atom. The van der Waals surface area contributed by atoms with Crippen molar-refractivity contribution in [2.45, 2.75) is 19.9 Å². The summed E-state index contributed by atoms with van der Waals surface area (Å²) < 4.78 is 4.59. The maximum absolute atomic E-state index is 11.1. The number of aromatic nitrogens is 2. The first kappa shape index (κ1) is 13.0. The maximum Gasteiger partial charge on any atom is 0.311 e. The van der Waals surface area contributed by atoms with Gasteiger partial charge in [0.05, 0.1) is 30.8 Å². The number of nitrogens with zero attached hydrogens (tertiary/aromatic N) is 2. The number of methoxy groups -OCH3 is 1. The minimum atomic E-state index is -0.273. The summed E-state index contributed by atoms with van der Waals surface area (Å²) in [4.78, 5) is 20.7. The minimum absolute atomic E-state index is 0.217. The molecule has 0 bridgehead atoms. The monoisotopic (exact) mass is 283 g/mol. The Hall–Kier alpha value is -1.47. The van der Waals surface area contributed by atoms with Crippen LogP contribution in [-0.4, -0.2) is 23.0 Å². The molecule has 2 rings (SSSR count). The van der Waals surface area contributed by atoms with Crippen molar-refractivity contribution in [2.75, 3.05) is 12.4 Å². The highest BCUT2D eigenvalue weighted by Crippen LogP contribution is 2.18. The number of hydrogen-bond acceptors (Lipinski definition) is 7. The lowest BCUT2D eigenvalue weighted by Gasteiger charge is -1.98. The largest absolute Gasteiger partial charge is 0.469 e. The molecule has 0 aliphatic carbocycles. The number of esters is 1. The summed E-state index contributed by atoms with van der Waals surface area (Å²) >= 11 is 3.14. The van der Waals surface area contributed by atoms with Crippen molar-refractivity contribution >= 4 is 33.8 Å². The average molecular weight is 283 g/mol. The number of anilines is 1. The van der Waals surface area contributed by atoms with E-state index in [9.17, 15) is 4.79 Å². The van der Waals surface area contributed by atoms with E-state index >= 15 is 0 Å². The van der Waals surface area contributed by atoms with Crippen molar-refractivity contribution in [1.29, 1.82) is 0 Å². The first-order valence-corrected chi connectivity index (χ1v) is 7.03. The van der Waals surface area contributed by atoms with Crippen molar-refractivity contribution in [3.63, 3.8) is 0 Å². The van der Waals surface area contributed by atoms with E-state index in [1.165, 1.54) is 18.4 Å². The minimum Gasteiger partial charge on any atom is -0.469 e. The molecule has 2 heterocycles. The topological polar surface area (TPSA) is 64.1 Å². The molecule has 2 aromatic rings. The van der Waals surface area contributed by atoms with Crippen LogP contribution in [0.2, 0.25) is 0 Å². The number of carbonyl (C=O) groups is 1. The molecule has 1 N–H and O–H groups in total. The summed E-state index contributed by atoms with van der Waals surface area (Å²) in [6.07, 6.45) is 2.07. The highest BCUT2D eigenvalue weighted by Gasteiger charge is 2.07. The zero-order valence-corrected chi connectivity index (χ0v) is 11.7. The molecule has 0 atom stereocenters. The molecule has 96 valence electrons. The lowest BCUT2D eigenvalue weighted by molar-refractivity contribution is -0.139. The van der Waals surface area contributed by atoms with Gasteiger partial charge in [-0.3, -0.25) is 4.79 Å². The van der Waals surface area contributed by atoms with Crippen LogP contribution < -0.4 is 5.32 Å². The molecule has 0 saturated carbocycles. The summed E-state index contributed by atoms with van der Waals surface area (Å²) in [5.74, 6) is -0.273. The maximum atomic E-state index is 11.1. The molecule has 18 heavy (non-hydrogen) atoms. The molecule has 0 aromatic carbocycles. The number of aryl methyl sites for hydroxylation is 1. The fourth-order valence-electron chi connectivity index (χ4n) is 1.34. The Morgan fingerprint density at radius 1 is 1.56 bits per heavy atom. The van der Waals surface area contributed by atoms with Crippen LogP contribution in [0.3, 0.4) is 0 Å². The van der Waals surface area contributed by atoms with Gasteiger partial charge < -0.3 is 10.1 Å². The van der Waals surface area contributed by atoms with Crippen molar-refractivity contribution in [2.24, 2.45) is 0 Å². The molecule has 0 aliphatic heterocycles. The van der Waals surface area contributed by atoms with Gasteiger partial charge in [0.2, 0.25) is 0 Å². The Bertz CT molecular complexity index is 536. The molecule has 0 spiro atoms. The third kappa shape index (κ3) is 3.51. The fraction of sp³-hybridized carbons (Fsp3) is 0.364. The summed E-state index contributed by atoms with van der Waals surface area (Å²) in [6, 6.07) is 0. The smallest absolute Gasteiger partial charge is 0.311 e. The van der Waals surface area contributed by atoms with Gasteiger partial charge in [0.25, 0.3) is 0 Å². The molecule has 0 unspecified atom stereocenters. The van der Waals surface area contributed by atoms with Gasteiger partial charge in [-0.25, -0.2) is 9.97 Å². The number of hydrogen-bond donors (Lipinski definition) is 1. The van der Waals surface area contributed by atoms with E-state index in [1.807, 2.05) is 18.5 Å². The molecule has 0 radical (unpaired) electrons. The van der Waals surface area contributed by atoms with E-state index in [0.29, 0.717) is 6.54 Å². The van der Waals surface area contributed by atoms with E-state index in [4.69, 9.17) is 0 Å². The number of thiazole rings is 2. The highest BCUT2D eigenvalue weighted by atomic mass is 32.1. The quantitative estimate of drug-likeness (QED) is 0.853. The predicted molar refractivity (Wildman–Crippen MR) is 72.0 cm³/mol. The van der Waals surface area contributed by atoms with E-state index in [0.717, 1.165) is 20.7 Å². The lowest BCUT2D eigenvalue weighted by atomic mass is 10.3. The van der Waals surface area contributed by atoms with E-state index in [-0.39, 0.29) is 12.4 Å². The van der Waals surface area contributed by atoms with E-state index in [1.54, 1.807) is 11.3 Å². The lowest BCUT2D eigenvalue weighted by Crippen LogP contribution is -2.05. The van der Waals surface area contributed by atoms with Crippen molar-refractivity contribution in [1.82, 2.24) is 9.97 Å². The van der Waals surface area contributed by atoms with Crippen LogP contribution in [0.5, 0.6) is 0 Å². The Labute approximate surface area is 113 Å². The van der Waals surface area contributed by atoms with Gasteiger partial charge >= 0.3 is 5.97 Å². The van der Waals surface area contributed by atoms with Crippen LogP contribution in [0.25, 0.3) is 0 Å². The second-order valence-electron chi connectivity index (χ2n) is 3.60. The van der Waals surface area contributed by atoms with Crippen molar-refractivity contribution in [3.05, 3.63) is 27.2 Å². The summed E-state index contributed by atoms with van der Waals surface area (Å²) in [5, 5.41) is 6.93.